The molecule has 1 saturated heterocycles. The van der Waals surface area contributed by atoms with Crippen LogP contribution in [0, 0.1) is 24.7 Å². The number of nitrogens with one attached hydrogen (secondary N) is 1. The molecular formula is C19H30N2. The Labute approximate surface area is 129 Å². The van der Waals surface area contributed by atoms with Gasteiger partial charge in [0.05, 0.1) is 0 Å². The summed E-state index contributed by atoms with van der Waals surface area (Å²) in [5.74, 6) is 2.66. The number of hydrogen-bond donors (Lipinski definition) is 1. The van der Waals surface area contributed by atoms with Gasteiger partial charge >= 0.3 is 0 Å². The van der Waals surface area contributed by atoms with Crippen molar-refractivity contribution in [2.75, 3.05) is 24.5 Å². The zero-order valence-corrected chi connectivity index (χ0v) is 13.9. The van der Waals surface area contributed by atoms with Crippen LogP contribution in [0.4, 0.5) is 5.69 Å². The van der Waals surface area contributed by atoms with Crippen LogP contribution in [0.1, 0.15) is 44.2 Å². The summed E-state index contributed by atoms with van der Waals surface area (Å²) >= 11 is 0. The first-order valence-corrected chi connectivity index (χ1v) is 8.68. The lowest BCUT2D eigenvalue weighted by Crippen LogP contribution is -2.22. The molecule has 1 aliphatic heterocycles. The Bertz CT molecular complexity index is 468. The van der Waals surface area contributed by atoms with E-state index in [-0.39, 0.29) is 0 Å². The Morgan fingerprint density at radius 2 is 1.90 bits per heavy atom. The molecule has 1 saturated carbocycles. The fraction of sp³-hybridized carbons (Fsp3) is 0.684. The Morgan fingerprint density at radius 1 is 1.19 bits per heavy atom. The Hall–Kier alpha value is -1.02. The van der Waals surface area contributed by atoms with E-state index in [1.165, 1.54) is 49.2 Å². The van der Waals surface area contributed by atoms with Gasteiger partial charge in [0.2, 0.25) is 0 Å². The number of nitrogens with zero attached hydrogens (tertiary/aromatic N) is 1. The highest BCUT2D eigenvalue weighted by atomic mass is 15.2. The van der Waals surface area contributed by atoms with Crippen molar-refractivity contribution < 1.29 is 0 Å². The Kier molecular flexibility index (Phi) is 4.54. The van der Waals surface area contributed by atoms with Crippen LogP contribution in [0.2, 0.25) is 0 Å². The van der Waals surface area contributed by atoms with Crippen molar-refractivity contribution in [1.82, 2.24) is 5.32 Å². The van der Waals surface area contributed by atoms with Crippen LogP contribution in [0.3, 0.4) is 0 Å². The van der Waals surface area contributed by atoms with Crippen LogP contribution in [-0.4, -0.2) is 19.6 Å². The largest absolute Gasteiger partial charge is 0.371 e. The first-order valence-electron chi connectivity index (χ1n) is 8.68. The molecule has 0 spiro atoms. The predicted octanol–water partition coefficient (Wildman–Crippen LogP) is 3.98. The lowest BCUT2D eigenvalue weighted by Gasteiger charge is -2.22. The third kappa shape index (κ3) is 3.42. The van der Waals surface area contributed by atoms with Gasteiger partial charge in [0, 0.05) is 25.3 Å². The lowest BCUT2D eigenvalue weighted by atomic mass is 10.0. The molecule has 1 heterocycles. The number of aryl methyl sites for hydroxylation is 1. The van der Waals surface area contributed by atoms with Crippen molar-refractivity contribution >= 4 is 5.69 Å². The monoisotopic (exact) mass is 286 g/mol. The van der Waals surface area contributed by atoms with E-state index in [9.17, 15) is 0 Å². The average molecular weight is 286 g/mol. The number of hydrogen-bond acceptors (Lipinski definition) is 2. The molecule has 1 N–H and O–H groups in total. The fourth-order valence-electron chi connectivity index (χ4n) is 4.12. The van der Waals surface area contributed by atoms with Crippen LogP contribution in [0.15, 0.2) is 18.2 Å². The van der Waals surface area contributed by atoms with E-state index in [0.717, 1.165) is 30.8 Å². The van der Waals surface area contributed by atoms with Crippen LogP contribution < -0.4 is 10.2 Å². The van der Waals surface area contributed by atoms with E-state index in [2.05, 4.69) is 49.2 Å². The van der Waals surface area contributed by atoms with E-state index < -0.39 is 0 Å². The second-order valence-corrected chi connectivity index (χ2v) is 7.50. The van der Waals surface area contributed by atoms with Gasteiger partial charge in [-0.25, -0.2) is 0 Å². The minimum Gasteiger partial charge on any atom is -0.371 e. The molecule has 2 nitrogen and oxygen atoms in total. The summed E-state index contributed by atoms with van der Waals surface area (Å²) in [6.07, 6.45) is 4.37. The molecule has 2 atom stereocenters. The molecule has 1 aromatic carbocycles. The number of benzene rings is 1. The van der Waals surface area contributed by atoms with Crippen LogP contribution in [0.5, 0.6) is 0 Å². The van der Waals surface area contributed by atoms with E-state index in [1.807, 2.05) is 0 Å². The van der Waals surface area contributed by atoms with Crippen LogP contribution in [-0.2, 0) is 6.54 Å². The third-order valence-corrected chi connectivity index (χ3v) is 5.21. The molecule has 2 unspecified atom stereocenters. The van der Waals surface area contributed by atoms with Gasteiger partial charge in [-0.05, 0) is 61.3 Å². The van der Waals surface area contributed by atoms with Gasteiger partial charge in [0.15, 0.2) is 0 Å². The standard InChI is InChI=1S/C19H30N2/c1-14(2)10-20-11-16-7-8-19(15(3)9-16)21-12-17-5-4-6-18(17)13-21/h7-9,14,17-18,20H,4-6,10-13H2,1-3H3. The highest BCUT2D eigenvalue weighted by Crippen LogP contribution is 2.40. The predicted molar refractivity (Wildman–Crippen MR) is 90.8 cm³/mol. The molecule has 2 heteroatoms. The zero-order valence-electron chi connectivity index (χ0n) is 13.9. The van der Waals surface area contributed by atoms with Gasteiger partial charge in [-0.2, -0.15) is 0 Å². The second-order valence-electron chi connectivity index (χ2n) is 7.50. The molecule has 0 amide bonds. The van der Waals surface area contributed by atoms with Gasteiger partial charge in [0.1, 0.15) is 0 Å². The number of anilines is 1. The maximum absolute atomic E-state index is 3.54. The van der Waals surface area contributed by atoms with E-state index in [4.69, 9.17) is 0 Å². The molecule has 2 aliphatic rings. The summed E-state index contributed by atoms with van der Waals surface area (Å²) < 4.78 is 0. The molecule has 0 aromatic heterocycles. The smallest absolute Gasteiger partial charge is 0.0396 e. The summed E-state index contributed by atoms with van der Waals surface area (Å²) in [7, 11) is 0. The van der Waals surface area contributed by atoms with Crippen molar-refractivity contribution in [3.8, 4) is 0 Å². The lowest BCUT2D eigenvalue weighted by molar-refractivity contribution is 0.494. The van der Waals surface area contributed by atoms with Gasteiger partial charge in [0.25, 0.3) is 0 Å². The van der Waals surface area contributed by atoms with Crippen molar-refractivity contribution in [3.63, 3.8) is 0 Å². The fourth-order valence-corrected chi connectivity index (χ4v) is 4.12. The number of fused-ring (bicyclic) bond motifs is 1. The minimum atomic E-state index is 0.717. The first kappa shape index (κ1) is 14.9. The molecule has 0 bridgehead atoms. The summed E-state index contributed by atoms with van der Waals surface area (Å²) in [5.41, 5.74) is 4.33. The van der Waals surface area contributed by atoms with Crippen LogP contribution >= 0.6 is 0 Å². The highest BCUT2D eigenvalue weighted by Gasteiger charge is 2.36. The molecule has 21 heavy (non-hydrogen) atoms. The van der Waals surface area contributed by atoms with Gasteiger partial charge in [-0.15, -0.1) is 0 Å². The quantitative estimate of drug-likeness (QED) is 0.881. The van der Waals surface area contributed by atoms with E-state index in [0.29, 0.717) is 0 Å². The zero-order chi connectivity index (χ0) is 14.8. The number of rotatable bonds is 5. The van der Waals surface area contributed by atoms with Crippen molar-refractivity contribution in [1.29, 1.82) is 0 Å². The SMILES string of the molecule is Cc1cc(CNCC(C)C)ccc1N1CC2CCCC2C1. The normalized spacial score (nSPS) is 24.9. The average Bonchev–Trinajstić information content (AvgIpc) is 2.99. The van der Waals surface area contributed by atoms with E-state index in [1.54, 1.807) is 0 Å². The molecular weight excluding hydrogens is 256 g/mol. The molecule has 116 valence electrons. The molecule has 1 aliphatic carbocycles. The molecule has 2 fully saturated rings. The summed E-state index contributed by atoms with van der Waals surface area (Å²) in [5, 5.41) is 3.54. The topological polar surface area (TPSA) is 15.3 Å². The highest BCUT2D eigenvalue weighted by molar-refractivity contribution is 5.55. The van der Waals surface area contributed by atoms with Crippen LogP contribution in [0.25, 0.3) is 0 Å². The van der Waals surface area contributed by atoms with Gasteiger partial charge in [-0.3, -0.25) is 0 Å². The second kappa shape index (κ2) is 6.39. The minimum absolute atomic E-state index is 0.717. The molecule has 3 rings (SSSR count). The Balaban J connectivity index is 1.62. The summed E-state index contributed by atoms with van der Waals surface area (Å²) in [6, 6.07) is 7.03. The van der Waals surface area contributed by atoms with E-state index >= 15 is 0 Å². The van der Waals surface area contributed by atoms with Gasteiger partial charge < -0.3 is 10.2 Å². The maximum Gasteiger partial charge on any atom is 0.0396 e. The molecule has 0 radical (unpaired) electrons. The third-order valence-electron chi connectivity index (χ3n) is 5.21. The molecule has 1 aromatic rings. The summed E-state index contributed by atoms with van der Waals surface area (Å²) in [4.78, 5) is 2.63. The van der Waals surface area contributed by atoms with Crippen molar-refractivity contribution in [2.45, 2.75) is 46.6 Å². The summed E-state index contributed by atoms with van der Waals surface area (Å²) in [6.45, 7) is 11.4. The maximum atomic E-state index is 3.54. The first-order chi connectivity index (χ1) is 10.1. The Morgan fingerprint density at radius 3 is 2.52 bits per heavy atom. The van der Waals surface area contributed by atoms with Crippen molar-refractivity contribution in [3.05, 3.63) is 29.3 Å². The van der Waals surface area contributed by atoms with Crippen molar-refractivity contribution in [2.24, 2.45) is 17.8 Å². The van der Waals surface area contributed by atoms with Gasteiger partial charge in [-0.1, -0.05) is 32.4 Å².